The van der Waals surface area contributed by atoms with E-state index in [1.165, 1.54) is 43.0 Å². The summed E-state index contributed by atoms with van der Waals surface area (Å²) in [6.07, 6.45) is 0. The molecule has 10 nitrogen and oxygen atoms in total. The summed E-state index contributed by atoms with van der Waals surface area (Å²) < 4.78 is 37.1. The van der Waals surface area contributed by atoms with Crippen molar-refractivity contribution in [2.75, 3.05) is 25.7 Å². The Morgan fingerprint density at radius 2 is 1.84 bits per heavy atom. The average Bonchev–Trinajstić information content (AvgIpc) is 3.77. The number of hydrogen-bond donors (Lipinski definition) is 1. The van der Waals surface area contributed by atoms with Crippen molar-refractivity contribution >= 4 is 50.9 Å². The van der Waals surface area contributed by atoms with Gasteiger partial charge in [0.25, 0.3) is 5.91 Å². The summed E-state index contributed by atoms with van der Waals surface area (Å²) in [4.78, 5) is 29.0. The van der Waals surface area contributed by atoms with Crippen LogP contribution < -0.4 is 19.1 Å². The van der Waals surface area contributed by atoms with Crippen molar-refractivity contribution in [3.8, 4) is 17.2 Å². The number of aromatic nitrogens is 2. The Hall–Kier alpha value is -4.88. The van der Waals surface area contributed by atoms with Crippen LogP contribution in [0, 0.1) is 5.82 Å². The number of para-hydroxylation sites is 1. The van der Waals surface area contributed by atoms with Crippen molar-refractivity contribution in [1.82, 2.24) is 10.2 Å². The normalized spacial score (nSPS) is 14.8. The number of rotatable bonds is 11. The van der Waals surface area contributed by atoms with Crippen molar-refractivity contribution in [2.24, 2.45) is 0 Å². The minimum Gasteiger partial charge on any atom is -0.503 e. The van der Waals surface area contributed by atoms with E-state index in [0.717, 1.165) is 11.3 Å². The lowest BCUT2D eigenvalue weighted by molar-refractivity contribution is -0.117. The molecule has 1 aliphatic heterocycles. The third-order valence-corrected chi connectivity index (χ3v) is 9.22. The van der Waals surface area contributed by atoms with E-state index in [1.807, 2.05) is 6.92 Å². The van der Waals surface area contributed by atoms with Crippen molar-refractivity contribution in [3.05, 3.63) is 101 Å². The second-order valence-corrected chi connectivity index (χ2v) is 11.9. The van der Waals surface area contributed by atoms with Crippen molar-refractivity contribution < 1.29 is 37.7 Å². The number of methoxy groups -OCH3 is 2. The first-order valence-electron chi connectivity index (χ1n) is 13.7. The van der Waals surface area contributed by atoms with E-state index < -0.39 is 23.5 Å². The van der Waals surface area contributed by atoms with Crippen LogP contribution in [-0.2, 0) is 10.5 Å². The van der Waals surface area contributed by atoms with Crippen LogP contribution in [-0.4, -0.2) is 47.8 Å². The van der Waals surface area contributed by atoms with Gasteiger partial charge in [0.1, 0.15) is 5.82 Å². The zero-order chi connectivity index (χ0) is 31.7. The van der Waals surface area contributed by atoms with Crippen LogP contribution in [0.1, 0.15) is 34.6 Å². The Kier molecular flexibility index (Phi) is 8.46. The van der Waals surface area contributed by atoms with E-state index in [0.29, 0.717) is 50.3 Å². The highest BCUT2D eigenvalue weighted by molar-refractivity contribution is 8.00. The molecule has 45 heavy (non-hydrogen) atoms. The minimum atomic E-state index is -1.12. The molecule has 1 unspecified atom stereocenters. The van der Waals surface area contributed by atoms with E-state index >= 15 is 0 Å². The summed E-state index contributed by atoms with van der Waals surface area (Å²) in [5.41, 5.74) is 1.08. The highest BCUT2D eigenvalue weighted by Crippen LogP contribution is 2.46. The predicted octanol–water partition coefficient (Wildman–Crippen LogP) is 6.91. The molecule has 0 aliphatic carbocycles. The molecule has 1 amide bonds. The van der Waals surface area contributed by atoms with E-state index in [9.17, 15) is 19.1 Å². The monoisotopic (exact) mass is 647 g/mol. The van der Waals surface area contributed by atoms with E-state index in [2.05, 4.69) is 10.2 Å². The second-order valence-electron chi connectivity index (χ2n) is 9.73. The molecule has 1 atom stereocenters. The number of aliphatic hydroxyl groups excluding tert-OH is 1. The Labute approximate surface area is 265 Å². The van der Waals surface area contributed by atoms with Crippen LogP contribution in [0.15, 0.2) is 86.8 Å². The molecule has 0 radical (unpaired) electrons. The number of halogens is 1. The number of ketones is 1. The van der Waals surface area contributed by atoms with Gasteiger partial charge in [-0.25, -0.2) is 4.39 Å². The first kappa shape index (κ1) is 30.2. The number of aliphatic hydroxyl groups is 1. The van der Waals surface area contributed by atoms with Gasteiger partial charge in [-0.15, -0.1) is 10.2 Å². The Morgan fingerprint density at radius 3 is 2.60 bits per heavy atom. The van der Waals surface area contributed by atoms with Gasteiger partial charge < -0.3 is 23.7 Å². The Morgan fingerprint density at radius 1 is 1.04 bits per heavy atom. The molecule has 6 rings (SSSR count). The lowest BCUT2D eigenvalue weighted by atomic mass is 9.95. The summed E-state index contributed by atoms with van der Waals surface area (Å²) in [6.45, 7) is 2.23. The molecule has 0 saturated carbocycles. The molecule has 3 heterocycles. The van der Waals surface area contributed by atoms with Crippen LogP contribution in [0.4, 0.5) is 9.52 Å². The molecule has 3 aromatic carbocycles. The van der Waals surface area contributed by atoms with Gasteiger partial charge in [0.05, 0.1) is 32.4 Å². The van der Waals surface area contributed by atoms with Gasteiger partial charge in [-0.1, -0.05) is 59.5 Å². The molecule has 1 N–H and O–H groups in total. The molecule has 0 fully saturated rings. The molecule has 0 bridgehead atoms. The van der Waals surface area contributed by atoms with Gasteiger partial charge >= 0.3 is 0 Å². The maximum absolute atomic E-state index is 14.2. The van der Waals surface area contributed by atoms with Crippen LogP contribution >= 0.6 is 23.1 Å². The van der Waals surface area contributed by atoms with Gasteiger partial charge in [-0.05, 0) is 48.4 Å². The maximum Gasteiger partial charge on any atom is 0.296 e. The number of nitrogens with zero attached hydrogens (tertiary/aromatic N) is 3. The number of furan rings is 1. The largest absolute Gasteiger partial charge is 0.503 e. The first-order chi connectivity index (χ1) is 21.8. The highest BCUT2D eigenvalue weighted by Gasteiger charge is 2.47. The number of carbonyl (C=O) groups excluding carboxylic acids is 2. The van der Waals surface area contributed by atoms with Crippen molar-refractivity contribution in [1.29, 1.82) is 0 Å². The number of thioether (sulfide) groups is 1. The molecule has 1 aliphatic rings. The topological polar surface area (TPSA) is 124 Å². The fourth-order valence-electron chi connectivity index (χ4n) is 5.03. The summed E-state index contributed by atoms with van der Waals surface area (Å²) >= 11 is 2.33. The van der Waals surface area contributed by atoms with E-state index in [1.54, 1.807) is 54.6 Å². The molecule has 5 aromatic rings. The third kappa shape index (κ3) is 5.60. The number of fused-ring (bicyclic) bond motifs is 1. The summed E-state index contributed by atoms with van der Waals surface area (Å²) in [5, 5.41) is 20.4. The fourth-order valence-corrected chi connectivity index (χ4v) is 6.89. The lowest BCUT2D eigenvalue weighted by Crippen LogP contribution is -2.31. The van der Waals surface area contributed by atoms with E-state index in [4.69, 9.17) is 18.6 Å². The summed E-state index contributed by atoms with van der Waals surface area (Å²) in [5.74, 6) is -1.17. The zero-order valence-corrected chi connectivity index (χ0v) is 25.9. The van der Waals surface area contributed by atoms with Gasteiger partial charge in [0.15, 0.2) is 38.7 Å². The summed E-state index contributed by atoms with van der Waals surface area (Å²) in [6, 6.07) is 17.0. The molecule has 0 saturated heterocycles. The minimum absolute atomic E-state index is 0.0907. The average molecular weight is 648 g/mol. The number of ether oxygens (including phenoxy) is 3. The first-order valence-corrected chi connectivity index (χ1v) is 15.5. The predicted molar refractivity (Wildman–Crippen MR) is 167 cm³/mol. The van der Waals surface area contributed by atoms with Crippen LogP contribution in [0.2, 0.25) is 0 Å². The standard InChI is InChI=1S/C32H26FN3O7S2/c1-4-42-21-13-12-17(14-23(21)41-3)26-25(27(37)24-15-18-9-7-11-22(40-2)29(18)43-24)28(38)30(39)36(26)31-34-35-32(45-31)44-16-19-8-5-6-10-20(19)33/h5-15,26,38H,4,16H2,1-3H3. The third-order valence-electron chi connectivity index (χ3n) is 7.12. The Bertz CT molecular complexity index is 1950. The quantitative estimate of drug-likeness (QED) is 0.0918. The number of anilines is 1. The fraction of sp³-hybridized carbons (Fsp3) is 0.188. The van der Waals surface area contributed by atoms with E-state index in [-0.39, 0.29) is 28.0 Å². The van der Waals surface area contributed by atoms with Crippen LogP contribution in [0.3, 0.4) is 0 Å². The van der Waals surface area contributed by atoms with Gasteiger partial charge in [-0.2, -0.15) is 0 Å². The van der Waals surface area contributed by atoms with Crippen LogP contribution in [0.5, 0.6) is 17.2 Å². The zero-order valence-electron chi connectivity index (χ0n) is 24.3. The van der Waals surface area contributed by atoms with Gasteiger partial charge in [0.2, 0.25) is 10.9 Å². The second kappa shape index (κ2) is 12.6. The molecule has 0 spiro atoms. The highest BCUT2D eigenvalue weighted by atomic mass is 32.2. The van der Waals surface area contributed by atoms with Gasteiger partial charge in [-0.3, -0.25) is 14.5 Å². The number of benzene rings is 3. The maximum atomic E-state index is 14.2. The number of hydrogen-bond acceptors (Lipinski definition) is 11. The molecule has 2 aromatic heterocycles. The number of amides is 1. The van der Waals surface area contributed by atoms with Crippen LogP contribution in [0.25, 0.3) is 11.0 Å². The van der Waals surface area contributed by atoms with Crippen molar-refractivity contribution in [3.63, 3.8) is 0 Å². The Balaban J connectivity index is 1.41. The smallest absolute Gasteiger partial charge is 0.296 e. The summed E-state index contributed by atoms with van der Waals surface area (Å²) in [7, 11) is 2.96. The van der Waals surface area contributed by atoms with Crippen molar-refractivity contribution in [2.45, 2.75) is 23.1 Å². The molecular formula is C32H26FN3O7S2. The van der Waals surface area contributed by atoms with Gasteiger partial charge in [0, 0.05) is 11.1 Å². The SMILES string of the molecule is CCOc1ccc(C2C(C(=O)c3cc4cccc(OC)c4o3)=C(O)C(=O)N2c2nnc(SCc3ccccc3F)s2)cc1OC. The number of carbonyl (C=O) groups is 2. The lowest BCUT2D eigenvalue weighted by Gasteiger charge is -2.24. The molecule has 230 valence electrons. The number of Topliss-reactive ketones (excluding diaryl/α,β-unsaturated/α-hetero) is 1. The molecular weight excluding hydrogens is 621 g/mol. The molecule has 13 heteroatoms.